The standard InChI is InChI=1S/C26H27Cl2N3O6S2/c27-20-6-10-25(11-7-20)39(35,36)31(22-5-3-4-21(28)18-22)19-26(32)29-14-17-37-23-8-12-24(13-9-23)38(33,34)30-15-1-2-16-30/h3-13,18H,1-2,14-17,19H2,(H,29,32). The molecule has 0 aromatic heterocycles. The van der Waals surface area contributed by atoms with Crippen molar-refractivity contribution in [2.75, 3.05) is 37.1 Å². The topological polar surface area (TPSA) is 113 Å². The number of hydrogen-bond donors (Lipinski definition) is 1. The van der Waals surface area contributed by atoms with Crippen molar-refractivity contribution in [1.29, 1.82) is 0 Å². The van der Waals surface area contributed by atoms with Crippen molar-refractivity contribution in [2.24, 2.45) is 0 Å². The van der Waals surface area contributed by atoms with Crippen LogP contribution < -0.4 is 14.4 Å². The maximum atomic E-state index is 13.4. The Kier molecular flexibility index (Phi) is 9.39. The fourth-order valence-electron chi connectivity index (χ4n) is 4.01. The summed E-state index contributed by atoms with van der Waals surface area (Å²) in [5.41, 5.74) is 0.229. The highest BCUT2D eigenvalue weighted by Crippen LogP contribution is 2.27. The lowest BCUT2D eigenvalue weighted by atomic mass is 10.3. The average Bonchev–Trinajstić information content (AvgIpc) is 3.46. The number of anilines is 1. The summed E-state index contributed by atoms with van der Waals surface area (Å²) in [6.45, 7) is 0.739. The molecule has 13 heteroatoms. The predicted octanol–water partition coefficient (Wildman–Crippen LogP) is 4.17. The Hall–Kier alpha value is -2.83. The van der Waals surface area contributed by atoms with Gasteiger partial charge in [0, 0.05) is 23.1 Å². The van der Waals surface area contributed by atoms with Crippen LogP contribution in [0.5, 0.6) is 5.75 Å². The molecular weight excluding hydrogens is 585 g/mol. The number of nitrogens with one attached hydrogen (secondary N) is 1. The summed E-state index contributed by atoms with van der Waals surface area (Å²) in [5.74, 6) is -0.112. The summed E-state index contributed by atoms with van der Waals surface area (Å²) >= 11 is 12.0. The summed E-state index contributed by atoms with van der Waals surface area (Å²) < 4.78 is 60.1. The number of amides is 1. The number of carbonyl (C=O) groups excluding carboxylic acids is 1. The SMILES string of the molecule is O=C(CN(c1cccc(Cl)c1)S(=O)(=O)c1ccc(Cl)cc1)NCCOc1ccc(S(=O)(=O)N2CCCC2)cc1. The first kappa shape index (κ1) is 29.2. The molecule has 1 aliphatic rings. The van der Waals surface area contributed by atoms with E-state index in [0.29, 0.717) is 28.9 Å². The Morgan fingerprint density at radius 2 is 1.51 bits per heavy atom. The first-order valence-electron chi connectivity index (χ1n) is 12.1. The molecule has 0 bridgehead atoms. The monoisotopic (exact) mass is 611 g/mol. The first-order valence-corrected chi connectivity index (χ1v) is 15.7. The van der Waals surface area contributed by atoms with Gasteiger partial charge in [-0.15, -0.1) is 0 Å². The third-order valence-corrected chi connectivity index (χ3v) is 10.2. The van der Waals surface area contributed by atoms with Crippen LogP contribution in [0.15, 0.2) is 82.6 Å². The summed E-state index contributed by atoms with van der Waals surface area (Å²) in [6, 6.07) is 17.9. The van der Waals surface area contributed by atoms with E-state index in [1.54, 1.807) is 30.3 Å². The number of benzene rings is 3. The van der Waals surface area contributed by atoms with E-state index in [4.69, 9.17) is 27.9 Å². The highest BCUT2D eigenvalue weighted by Gasteiger charge is 2.28. The van der Waals surface area contributed by atoms with Crippen molar-refractivity contribution in [3.63, 3.8) is 0 Å². The number of sulfonamides is 2. The van der Waals surface area contributed by atoms with Crippen molar-refractivity contribution in [2.45, 2.75) is 22.6 Å². The molecule has 1 amide bonds. The molecule has 208 valence electrons. The second-order valence-corrected chi connectivity index (χ2v) is 13.4. The lowest BCUT2D eigenvalue weighted by Crippen LogP contribution is -2.41. The Labute approximate surface area is 238 Å². The van der Waals surface area contributed by atoms with Crippen LogP contribution in [0.3, 0.4) is 0 Å². The molecule has 0 atom stereocenters. The van der Waals surface area contributed by atoms with Crippen LogP contribution in [-0.4, -0.2) is 59.8 Å². The third kappa shape index (κ3) is 7.23. The molecule has 0 unspecified atom stereocenters. The van der Waals surface area contributed by atoms with E-state index in [1.807, 2.05) is 0 Å². The van der Waals surface area contributed by atoms with E-state index in [-0.39, 0.29) is 28.6 Å². The number of ether oxygens (including phenoxy) is 1. The minimum absolute atomic E-state index is 0.0294. The number of hydrogen-bond acceptors (Lipinski definition) is 6. The maximum Gasteiger partial charge on any atom is 0.264 e. The van der Waals surface area contributed by atoms with Gasteiger partial charge in [-0.2, -0.15) is 4.31 Å². The minimum atomic E-state index is -4.11. The molecule has 3 aromatic rings. The minimum Gasteiger partial charge on any atom is -0.492 e. The van der Waals surface area contributed by atoms with E-state index in [9.17, 15) is 21.6 Å². The zero-order valence-electron chi connectivity index (χ0n) is 20.8. The van der Waals surface area contributed by atoms with E-state index < -0.39 is 32.5 Å². The van der Waals surface area contributed by atoms with Crippen molar-refractivity contribution < 1.29 is 26.4 Å². The van der Waals surface area contributed by atoms with Crippen LogP contribution in [0.25, 0.3) is 0 Å². The second-order valence-electron chi connectivity index (χ2n) is 8.73. The molecule has 1 saturated heterocycles. The van der Waals surface area contributed by atoms with Gasteiger partial charge in [0.2, 0.25) is 15.9 Å². The van der Waals surface area contributed by atoms with Crippen LogP contribution in [0.1, 0.15) is 12.8 Å². The lowest BCUT2D eigenvalue weighted by Gasteiger charge is -2.24. The van der Waals surface area contributed by atoms with Crippen LogP contribution in [0, 0.1) is 0 Å². The number of halogens is 2. The molecule has 1 heterocycles. The highest BCUT2D eigenvalue weighted by molar-refractivity contribution is 7.92. The smallest absolute Gasteiger partial charge is 0.264 e. The normalized spacial score (nSPS) is 14.2. The maximum absolute atomic E-state index is 13.4. The summed E-state index contributed by atoms with van der Waals surface area (Å²) in [4.78, 5) is 12.9. The van der Waals surface area contributed by atoms with Gasteiger partial charge >= 0.3 is 0 Å². The van der Waals surface area contributed by atoms with Crippen molar-refractivity contribution in [3.8, 4) is 5.75 Å². The van der Waals surface area contributed by atoms with Gasteiger partial charge in [0.25, 0.3) is 10.0 Å². The van der Waals surface area contributed by atoms with Crippen molar-refractivity contribution >= 4 is 54.8 Å². The molecule has 0 aliphatic carbocycles. The third-order valence-electron chi connectivity index (χ3n) is 6.00. The Morgan fingerprint density at radius 1 is 0.872 bits per heavy atom. The summed E-state index contributed by atoms with van der Waals surface area (Å²) in [5, 5.41) is 3.34. The fraction of sp³-hybridized carbons (Fsp3) is 0.269. The quantitative estimate of drug-likeness (QED) is 0.326. The van der Waals surface area contributed by atoms with E-state index in [1.165, 1.54) is 46.8 Å². The molecule has 0 saturated carbocycles. The van der Waals surface area contributed by atoms with Gasteiger partial charge < -0.3 is 10.1 Å². The van der Waals surface area contributed by atoms with Gasteiger partial charge in [-0.1, -0.05) is 29.3 Å². The van der Waals surface area contributed by atoms with Crippen LogP contribution >= 0.6 is 23.2 Å². The van der Waals surface area contributed by atoms with Crippen molar-refractivity contribution in [3.05, 3.63) is 82.8 Å². The molecule has 4 rings (SSSR count). The molecule has 1 aliphatic heterocycles. The van der Waals surface area contributed by atoms with Gasteiger partial charge in [-0.3, -0.25) is 9.10 Å². The van der Waals surface area contributed by atoms with E-state index in [0.717, 1.165) is 17.1 Å². The molecule has 3 aromatic carbocycles. The van der Waals surface area contributed by atoms with Crippen LogP contribution in [0.4, 0.5) is 5.69 Å². The van der Waals surface area contributed by atoms with E-state index in [2.05, 4.69) is 5.32 Å². The fourth-order valence-corrected chi connectivity index (χ4v) is 7.25. The summed E-state index contributed by atoms with van der Waals surface area (Å²) in [6.07, 6.45) is 1.71. The number of rotatable bonds is 11. The molecule has 0 radical (unpaired) electrons. The zero-order valence-corrected chi connectivity index (χ0v) is 23.9. The Balaban J connectivity index is 1.36. The Morgan fingerprint density at radius 3 is 2.15 bits per heavy atom. The summed E-state index contributed by atoms with van der Waals surface area (Å²) in [7, 11) is -7.62. The van der Waals surface area contributed by atoms with Gasteiger partial charge in [-0.25, -0.2) is 16.8 Å². The van der Waals surface area contributed by atoms with Crippen LogP contribution in [0.2, 0.25) is 10.0 Å². The number of nitrogens with zero attached hydrogens (tertiary/aromatic N) is 2. The zero-order chi connectivity index (χ0) is 28.0. The largest absolute Gasteiger partial charge is 0.492 e. The van der Waals surface area contributed by atoms with Gasteiger partial charge in [-0.05, 0) is 79.6 Å². The predicted molar refractivity (Wildman–Crippen MR) is 150 cm³/mol. The second kappa shape index (κ2) is 12.6. The van der Waals surface area contributed by atoms with Gasteiger partial charge in [0.05, 0.1) is 22.0 Å². The Bertz CT molecular complexity index is 1510. The van der Waals surface area contributed by atoms with Crippen molar-refractivity contribution in [1.82, 2.24) is 9.62 Å². The molecule has 39 heavy (non-hydrogen) atoms. The van der Waals surface area contributed by atoms with Gasteiger partial charge in [0.15, 0.2) is 0 Å². The average molecular weight is 613 g/mol. The molecule has 1 N–H and O–H groups in total. The molecule has 9 nitrogen and oxygen atoms in total. The van der Waals surface area contributed by atoms with Crippen LogP contribution in [-0.2, 0) is 24.8 Å². The molecule has 1 fully saturated rings. The first-order chi connectivity index (χ1) is 18.6. The van der Waals surface area contributed by atoms with E-state index >= 15 is 0 Å². The highest BCUT2D eigenvalue weighted by atomic mass is 35.5. The molecular formula is C26H27Cl2N3O6S2. The van der Waals surface area contributed by atoms with Gasteiger partial charge in [0.1, 0.15) is 18.9 Å². The number of carbonyl (C=O) groups is 1. The molecule has 0 spiro atoms. The lowest BCUT2D eigenvalue weighted by molar-refractivity contribution is -0.119.